The Kier molecular flexibility index (Phi) is 6.45. The summed E-state index contributed by atoms with van der Waals surface area (Å²) in [7, 11) is -1.88. The predicted molar refractivity (Wildman–Crippen MR) is 81.2 cm³/mol. The van der Waals surface area contributed by atoms with Gasteiger partial charge in [0.15, 0.2) is 0 Å². The summed E-state index contributed by atoms with van der Waals surface area (Å²) in [4.78, 5) is 0.203. The van der Waals surface area contributed by atoms with Crippen molar-refractivity contribution >= 4 is 15.7 Å². The van der Waals surface area contributed by atoms with Crippen LogP contribution in [0.15, 0.2) is 17.0 Å². The van der Waals surface area contributed by atoms with E-state index in [1.54, 1.807) is 20.1 Å². The van der Waals surface area contributed by atoms with Crippen LogP contribution in [-0.4, -0.2) is 28.7 Å². The average Bonchev–Trinajstić information content (AvgIpc) is 2.38. The molecule has 0 saturated carbocycles. The maximum absolute atomic E-state index is 12.3. The average molecular weight is 300 g/mol. The van der Waals surface area contributed by atoms with Gasteiger partial charge in [0.05, 0.1) is 5.69 Å². The fourth-order valence-corrected chi connectivity index (χ4v) is 3.49. The van der Waals surface area contributed by atoms with Crippen LogP contribution in [0, 0.1) is 13.8 Å². The second kappa shape index (κ2) is 7.61. The lowest BCUT2D eigenvalue weighted by Gasteiger charge is -2.13. The van der Waals surface area contributed by atoms with Gasteiger partial charge in [-0.05, 0) is 50.3 Å². The Bertz CT molecular complexity index is 542. The van der Waals surface area contributed by atoms with Gasteiger partial charge in [-0.1, -0.05) is 6.07 Å². The third-order valence-corrected chi connectivity index (χ3v) is 4.96. The Morgan fingerprint density at radius 2 is 1.90 bits per heavy atom. The van der Waals surface area contributed by atoms with Crippen molar-refractivity contribution in [3.63, 3.8) is 0 Å². The van der Waals surface area contributed by atoms with Gasteiger partial charge in [0.2, 0.25) is 10.0 Å². The van der Waals surface area contributed by atoms with Crippen molar-refractivity contribution in [1.82, 2.24) is 4.72 Å². The molecule has 0 atom stereocenters. The molecule has 0 saturated heterocycles. The number of anilines is 1. The molecule has 0 aromatic heterocycles. The van der Waals surface area contributed by atoms with Gasteiger partial charge < -0.3 is 10.5 Å². The van der Waals surface area contributed by atoms with Crippen molar-refractivity contribution < 1.29 is 13.2 Å². The highest BCUT2D eigenvalue weighted by atomic mass is 32.2. The van der Waals surface area contributed by atoms with Gasteiger partial charge in [-0.15, -0.1) is 0 Å². The largest absolute Gasteiger partial charge is 0.398 e. The van der Waals surface area contributed by atoms with E-state index in [1.807, 2.05) is 13.0 Å². The molecule has 1 aromatic carbocycles. The molecule has 0 amide bonds. The predicted octanol–water partition coefficient (Wildman–Crippen LogP) is 1.98. The van der Waals surface area contributed by atoms with E-state index in [4.69, 9.17) is 10.5 Å². The van der Waals surface area contributed by atoms with Crippen LogP contribution in [0.2, 0.25) is 0 Å². The van der Waals surface area contributed by atoms with Gasteiger partial charge >= 0.3 is 0 Å². The summed E-state index contributed by atoms with van der Waals surface area (Å²) in [6.45, 7) is 4.77. The van der Waals surface area contributed by atoms with Crippen molar-refractivity contribution in [1.29, 1.82) is 0 Å². The molecule has 0 radical (unpaired) electrons. The maximum atomic E-state index is 12.3. The number of unbranched alkanes of at least 4 members (excludes halogenated alkanes) is 2. The fourth-order valence-electron chi connectivity index (χ4n) is 1.99. The zero-order valence-corrected chi connectivity index (χ0v) is 13.2. The van der Waals surface area contributed by atoms with Crippen LogP contribution >= 0.6 is 0 Å². The molecule has 0 aliphatic carbocycles. The molecule has 1 rings (SSSR count). The Hall–Kier alpha value is -1.11. The standard InChI is InChI=1S/C14H24N2O3S/c1-11-7-8-13(15)14(12(11)2)20(17,18)16-9-5-4-6-10-19-3/h7-8,16H,4-6,9-10,15H2,1-3H3. The first-order valence-corrected chi connectivity index (χ1v) is 8.22. The second-order valence-corrected chi connectivity index (χ2v) is 6.58. The van der Waals surface area contributed by atoms with Crippen LogP contribution in [0.4, 0.5) is 5.69 Å². The molecular weight excluding hydrogens is 276 g/mol. The number of rotatable bonds is 8. The van der Waals surface area contributed by atoms with Crippen molar-refractivity contribution in [3.05, 3.63) is 23.3 Å². The lowest BCUT2D eigenvalue weighted by molar-refractivity contribution is 0.192. The van der Waals surface area contributed by atoms with Gasteiger partial charge in [0, 0.05) is 20.3 Å². The number of sulfonamides is 1. The number of hydrogen-bond donors (Lipinski definition) is 2. The summed E-state index contributed by atoms with van der Waals surface area (Å²) in [5.74, 6) is 0. The van der Waals surface area contributed by atoms with Crippen LogP contribution in [0.5, 0.6) is 0 Å². The van der Waals surface area contributed by atoms with E-state index < -0.39 is 10.0 Å². The molecule has 114 valence electrons. The highest BCUT2D eigenvalue weighted by molar-refractivity contribution is 7.89. The van der Waals surface area contributed by atoms with E-state index in [0.717, 1.165) is 24.8 Å². The van der Waals surface area contributed by atoms with Gasteiger partial charge in [-0.3, -0.25) is 0 Å². The van der Waals surface area contributed by atoms with Crippen molar-refractivity contribution in [3.8, 4) is 0 Å². The summed E-state index contributed by atoms with van der Waals surface area (Å²) < 4.78 is 32.2. The number of ether oxygens (including phenoxy) is 1. The molecule has 0 bridgehead atoms. The Balaban J connectivity index is 2.68. The van der Waals surface area contributed by atoms with Gasteiger partial charge in [-0.25, -0.2) is 13.1 Å². The first-order valence-electron chi connectivity index (χ1n) is 6.74. The second-order valence-electron chi connectivity index (χ2n) is 4.88. The topological polar surface area (TPSA) is 81.4 Å². The molecule has 0 unspecified atom stereocenters. The smallest absolute Gasteiger partial charge is 0.242 e. The first kappa shape index (κ1) is 16.9. The quantitative estimate of drug-likeness (QED) is 0.568. The number of benzene rings is 1. The summed E-state index contributed by atoms with van der Waals surface area (Å²) in [6.07, 6.45) is 2.65. The summed E-state index contributed by atoms with van der Waals surface area (Å²) in [5.41, 5.74) is 7.72. The van der Waals surface area contributed by atoms with Crippen LogP contribution in [0.1, 0.15) is 30.4 Å². The number of aryl methyl sites for hydroxylation is 1. The minimum atomic E-state index is -3.54. The monoisotopic (exact) mass is 300 g/mol. The fraction of sp³-hybridized carbons (Fsp3) is 0.571. The summed E-state index contributed by atoms with van der Waals surface area (Å²) in [6, 6.07) is 3.46. The number of nitrogens with one attached hydrogen (secondary N) is 1. The molecule has 0 heterocycles. The SMILES string of the molecule is COCCCCCNS(=O)(=O)c1c(N)ccc(C)c1C. The molecule has 1 aromatic rings. The molecule has 0 aliphatic heterocycles. The van der Waals surface area contributed by atoms with Gasteiger partial charge in [0.25, 0.3) is 0 Å². The molecule has 0 aliphatic rings. The number of methoxy groups -OCH3 is 1. The number of nitrogen functional groups attached to an aromatic ring is 1. The molecule has 3 N–H and O–H groups in total. The van der Waals surface area contributed by atoms with Crippen molar-refractivity contribution in [2.75, 3.05) is 26.0 Å². The molecule has 0 fully saturated rings. The minimum absolute atomic E-state index is 0.203. The number of hydrogen-bond acceptors (Lipinski definition) is 4. The Morgan fingerprint density at radius 3 is 2.55 bits per heavy atom. The van der Waals surface area contributed by atoms with E-state index in [-0.39, 0.29) is 4.90 Å². The molecule has 0 spiro atoms. The van der Waals surface area contributed by atoms with E-state index in [1.165, 1.54) is 0 Å². The van der Waals surface area contributed by atoms with Crippen molar-refractivity contribution in [2.24, 2.45) is 0 Å². The number of nitrogens with two attached hydrogens (primary N) is 1. The Labute approximate surface area is 121 Å². The minimum Gasteiger partial charge on any atom is -0.398 e. The Morgan fingerprint density at radius 1 is 1.20 bits per heavy atom. The van der Waals surface area contributed by atoms with Gasteiger partial charge in [0.1, 0.15) is 4.90 Å². The molecule has 20 heavy (non-hydrogen) atoms. The van der Waals surface area contributed by atoms with Crippen LogP contribution < -0.4 is 10.5 Å². The van der Waals surface area contributed by atoms with E-state index >= 15 is 0 Å². The zero-order chi connectivity index (χ0) is 15.2. The normalized spacial score (nSPS) is 11.8. The summed E-state index contributed by atoms with van der Waals surface area (Å²) >= 11 is 0. The van der Waals surface area contributed by atoms with Crippen molar-refractivity contribution in [2.45, 2.75) is 38.0 Å². The molecular formula is C14H24N2O3S. The first-order chi connectivity index (χ1) is 9.40. The zero-order valence-electron chi connectivity index (χ0n) is 12.4. The highest BCUT2D eigenvalue weighted by Crippen LogP contribution is 2.24. The van der Waals surface area contributed by atoms with E-state index in [0.29, 0.717) is 24.4 Å². The van der Waals surface area contributed by atoms with E-state index in [9.17, 15) is 8.42 Å². The van der Waals surface area contributed by atoms with Crippen LogP contribution in [0.3, 0.4) is 0 Å². The molecule has 6 heteroatoms. The highest BCUT2D eigenvalue weighted by Gasteiger charge is 2.20. The lowest BCUT2D eigenvalue weighted by Crippen LogP contribution is -2.26. The van der Waals surface area contributed by atoms with E-state index in [2.05, 4.69) is 4.72 Å². The maximum Gasteiger partial charge on any atom is 0.242 e. The lowest BCUT2D eigenvalue weighted by atomic mass is 10.1. The van der Waals surface area contributed by atoms with Crippen LogP contribution in [-0.2, 0) is 14.8 Å². The molecule has 5 nitrogen and oxygen atoms in total. The van der Waals surface area contributed by atoms with Crippen LogP contribution in [0.25, 0.3) is 0 Å². The van der Waals surface area contributed by atoms with Gasteiger partial charge in [-0.2, -0.15) is 0 Å². The third kappa shape index (κ3) is 4.47. The summed E-state index contributed by atoms with van der Waals surface area (Å²) in [5, 5.41) is 0. The third-order valence-electron chi connectivity index (χ3n) is 3.29.